The highest BCUT2D eigenvalue weighted by Crippen LogP contribution is 2.33. The summed E-state index contributed by atoms with van der Waals surface area (Å²) in [6, 6.07) is 7.07. The second-order valence-electron chi connectivity index (χ2n) is 4.06. The van der Waals surface area contributed by atoms with Crippen LogP contribution in [0.25, 0.3) is 0 Å². The van der Waals surface area contributed by atoms with Gasteiger partial charge in [0.2, 0.25) is 0 Å². The molecule has 0 saturated carbocycles. The van der Waals surface area contributed by atoms with Crippen LogP contribution >= 0.6 is 11.3 Å². The summed E-state index contributed by atoms with van der Waals surface area (Å²) in [4.78, 5) is 0.942. The van der Waals surface area contributed by atoms with E-state index in [4.69, 9.17) is 5.73 Å². The van der Waals surface area contributed by atoms with Crippen LogP contribution in [0.1, 0.15) is 27.6 Å². The Kier molecular flexibility index (Phi) is 3.45. The lowest BCUT2D eigenvalue weighted by molar-refractivity contribution is -0.137. The molecule has 0 aliphatic carbocycles. The Labute approximate surface area is 107 Å². The van der Waals surface area contributed by atoms with Crippen molar-refractivity contribution in [2.24, 2.45) is 5.73 Å². The molecule has 0 saturated heterocycles. The van der Waals surface area contributed by atoms with Crippen LogP contribution in [-0.2, 0) is 6.18 Å². The first-order valence-corrected chi connectivity index (χ1v) is 6.24. The number of rotatable bonds is 2. The highest BCUT2D eigenvalue weighted by Gasteiger charge is 2.31. The first-order chi connectivity index (χ1) is 8.39. The van der Waals surface area contributed by atoms with Crippen LogP contribution in [0.3, 0.4) is 0 Å². The molecule has 5 heteroatoms. The third kappa shape index (κ3) is 2.57. The van der Waals surface area contributed by atoms with Gasteiger partial charge in [-0.25, -0.2) is 0 Å². The van der Waals surface area contributed by atoms with Gasteiger partial charge in [0.05, 0.1) is 11.6 Å². The summed E-state index contributed by atoms with van der Waals surface area (Å²) in [6.45, 7) is 1.65. The summed E-state index contributed by atoms with van der Waals surface area (Å²) in [5.41, 5.74) is 6.70. The molecule has 0 aliphatic heterocycles. The minimum atomic E-state index is -4.31. The summed E-state index contributed by atoms with van der Waals surface area (Å²) in [7, 11) is 0. The molecule has 1 aromatic carbocycles. The molecule has 0 aliphatic rings. The molecule has 18 heavy (non-hydrogen) atoms. The second-order valence-corrected chi connectivity index (χ2v) is 5.04. The van der Waals surface area contributed by atoms with Crippen molar-refractivity contribution in [2.45, 2.75) is 19.1 Å². The fraction of sp³-hybridized carbons (Fsp3) is 0.231. The Bertz CT molecular complexity index is 532. The third-order valence-corrected chi connectivity index (χ3v) is 3.74. The fourth-order valence-electron chi connectivity index (χ4n) is 1.82. The molecule has 1 atom stereocenters. The standard InChI is InChI=1S/C13H12F3NS/c1-8-7-9(13(14,15)16)4-5-10(8)12(17)11-3-2-6-18-11/h2-7,12H,17H2,1H3. The Morgan fingerprint density at radius 3 is 2.44 bits per heavy atom. The summed E-state index contributed by atoms with van der Waals surface area (Å²) in [5, 5.41) is 1.90. The predicted octanol–water partition coefficient (Wildman–Crippen LogP) is 4.12. The molecule has 96 valence electrons. The van der Waals surface area contributed by atoms with E-state index in [2.05, 4.69) is 0 Å². The first kappa shape index (κ1) is 13.1. The van der Waals surface area contributed by atoms with E-state index in [-0.39, 0.29) is 6.04 Å². The van der Waals surface area contributed by atoms with Gasteiger partial charge in [0.15, 0.2) is 0 Å². The van der Waals surface area contributed by atoms with Crippen LogP contribution in [0.4, 0.5) is 13.2 Å². The van der Waals surface area contributed by atoms with Gasteiger partial charge >= 0.3 is 6.18 Å². The average molecular weight is 271 g/mol. The van der Waals surface area contributed by atoms with Gasteiger partial charge in [-0.3, -0.25) is 0 Å². The van der Waals surface area contributed by atoms with E-state index in [9.17, 15) is 13.2 Å². The predicted molar refractivity (Wildman–Crippen MR) is 66.5 cm³/mol. The maximum atomic E-state index is 12.5. The zero-order valence-corrected chi connectivity index (χ0v) is 10.5. The molecular formula is C13H12F3NS. The molecular weight excluding hydrogens is 259 g/mol. The largest absolute Gasteiger partial charge is 0.416 e. The van der Waals surface area contributed by atoms with Gasteiger partial charge in [0.1, 0.15) is 0 Å². The van der Waals surface area contributed by atoms with Gasteiger partial charge in [-0.05, 0) is 41.6 Å². The van der Waals surface area contributed by atoms with Crippen LogP contribution in [0.2, 0.25) is 0 Å². The molecule has 1 unspecified atom stereocenters. The Morgan fingerprint density at radius 2 is 1.94 bits per heavy atom. The van der Waals surface area contributed by atoms with Crippen LogP contribution in [0.5, 0.6) is 0 Å². The number of alkyl halides is 3. The maximum Gasteiger partial charge on any atom is 0.416 e. The zero-order valence-electron chi connectivity index (χ0n) is 9.66. The summed E-state index contributed by atoms with van der Waals surface area (Å²) in [5.74, 6) is 0. The molecule has 1 nitrogen and oxygen atoms in total. The monoisotopic (exact) mass is 271 g/mol. The third-order valence-electron chi connectivity index (χ3n) is 2.78. The van der Waals surface area contributed by atoms with Crippen molar-refractivity contribution in [1.29, 1.82) is 0 Å². The molecule has 0 bridgehead atoms. The first-order valence-electron chi connectivity index (χ1n) is 5.36. The van der Waals surface area contributed by atoms with Crippen molar-refractivity contribution < 1.29 is 13.2 Å². The lowest BCUT2D eigenvalue weighted by Gasteiger charge is -2.15. The van der Waals surface area contributed by atoms with E-state index < -0.39 is 11.7 Å². The Morgan fingerprint density at radius 1 is 1.22 bits per heavy atom. The van der Waals surface area contributed by atoms with Gasteiger partial charge < -0.3 is 5.73 Å². The van der Waals surface area contributed by atoms with Crippen molar-refractivity contribution in [2.75, 3.05) is 0 Å². The minimum absolute atomic E-state index is 0.368. The quantitative estimate of drug-likeness (QED) is 0.873. The van der Waals surface area contributed by atoms with Crippen LogP contribution in [-0.4, -0.2) is 0 Å². The Hall–Kier alpha value is -1.33. The van der Waals surface area contributed by atoms with Gasteiger partial charge in [-0.2, -0.15) is 13.2 Å². The lowest BCUT2D eigenvalue weighted by Crippen LogP contribution is -2.13. The molecule has 2 aromatic rings. The summed E-state index contributed by atoms with van der Waals surface area (Å²) in [6.07, 6.45) is -4.31. The molecule has 0 fully saturated rings. The highest BCUT2D eigenvalue weighted by molar-refractivity contribution is 7.10. The molecule has 1 heterocycles. The highest BCUT2D eigenvalue weighted by atomic mass is 32.1. The van der Waals surface area contributed by atoms with Crippen molar-refractivity contribution >= 4 is 11.3 Å². The number of nitrogens with two attached hydrogens (primary N) is 1. The molecule has 2 rings (SSSR count). The second kappa shape index (κ2) is 4.74. The maximum absolute atomic E-state index is 12.5. The van der Waals surface area contributed by atoms with Crippen molar-refractivity contribution in [3.63, 3.8) is 0 Å². The fourth-order valence-corrected chi connectivity index (χ4v) is 2.57. The number of aryl methyl sites for hydroxylation is 1. The number of hydrogen-bond donors (Lipinski definition) is 1. The molecule has 0 spiro atoms. The van der Waals surface area contributed by atoms with Crippen molar-refractivity contribution in [3.8, 4) is 0 Å². The smallest absolute Gasteiger partial charge is 0.320 e. The van der Waals surface area contributed by atoms with Gasteiger partial charge in [-0.15, -0.1) is 11.3 Å². The van der Waals surface area contributed by atoms with E-state index in [0.717, 1.165) is 22.6 Å². The minimum Gasteiger partial charge on any atom is -0.320 e. The van der Waals surface area contributed by atoms with Crippen LogP contribution in [0.15, 0.2) is 35.7 Å². The van der Waals surface area contributed by atoms with Crippen molar-refractivity contribution in [1.82, 2.24) is 0 Å². The van der Waals surface area contributed by atoms with Crippen LogP contribution in [0, 0.1) is 6.92 Å². The average Bonchev–Trinajstić information content (AvgIpc) is 2.80. The normalized spacial score (nSPS) is 13.6. The number of benzene rings is 1. The van der Waals surface area contributed by atoms with Gasteiger partial charge in [0.25, 0.3) is 0 Å². The summed E-state index contributed by atoms with van der Waals surface area (Å²) >= 11 is 1.50. The van der Waals surface area contributed by atoms with Crippen molar-refractivity contribution in [3.05, 3.63) is 57.3 Å². The van der Waals surface area contributed by atoms with E-state index in [1.54, 1.807) is 6.92 Å². The Balaban J connectivity index is 2.36. The molecule has 0 radical (unpaired) electrons. The van der Waals surface area contributed by atoms with E-state index in [1.807, 2.05) is 17.5 Å². The number of thiophene rings is 1. The molecule has 2 N–H and O–H groups in total. The summed E-state index contributed by atoms with van der Waals surface area (Å²) < 4.78 is 37.6. The van der Waals surface area contributed by atoms with E-state index >= 15 is 0 Å². The van der Waals surface area contributed by atoms with Gasteiger partial charge in [0, 0.05) is 4.88 Å². The van der Waals surface area contributed by atoms with Gasteiger partial charge in [-0.1, -0.05) is 12.1 Å². The lowest BCUT2D eigenvalue weighted by atomic mass is 9.98. The van der Waals surface area contributed by atoms with Crippen LogP contribution < -0.4 is 5.73 Å². The molecule has 0 amide bonds. The van der Waals surface area contributed by atoms with E-state index in [1.165, 1.54) is 17.4 Å². The zero-order chi connectivity index (χ0) is 13.3. The number of hydrogen-bond acceptors (Lipinski definition) is 2. The SMILES string of the molecule is Cc1cc(C(F)(F)F)ccc1C(N)c1cccs1. The molecule has 1 aromatic heterocycles. The van der Waals surface area contributed by atoms with E-state index in [0.29, 0.717) is 5.56 Å². The topological polar surface area (TPSA) is 26.0 Å². The number of halogens is 3.